The molecule has 0 radical (unpaired) electrons. The molecule has 0 aliphatic carbocycles. The molecule has 2 aromatic carbocycles. The number of benzene rings is 2. The zero-order valence-electron chi connectivity index (χ0n) is 21.0. The lowest BCUT2D eigenvalue weighted by molar-refractivity contribution is -0.120. The van der Waals surface area contributed by atoms with Crippen LogP contribution >= 0.6 is 23.2 Å². The summed E-state index contributed by atoms with van der Waals surface area (Å²) in [7, 11) is 0. The van der Waals surface area contributed by atoms with Crippen LogP contribution in [0.25, 0.3) is 5.82 Å². The first kappa shape index (κ1) is 27.0. The lowest BCUT2D eigenvalue weighted by atomic mass is 10.2. The van der Waals surface area contributed by atoms with Gasteiger partial charge in [0.2, 0.25) is 5.95 Å². The Morgan fingerprint density at radius 2 is 1.79 bits per heavy atom. The minimum absolute atomic E-state index is 0.0881. The molecule has 2 aromatic heterocycles. The molecule has 0 saturated carbocycles. The van der Waals surface area contributed by atoms with E-state index in [1.807, 2.05) is 50.2 Å². The van der Waals surface area contributed by atoms with Crippen LogP contribution in [0.15, 0.2) is 73.3 Å². The van der Waals surface area contributed by atoms with E-state index in [-0.39, 0.29) is 11.8 Å². The van der Waals surface area contributed by atoms with E-state index in [1.165, 1.54) is 0 Å². The van der Waals surface area contributed by atoms with Crippen LogP contribution in [0.2, 0.25) is 10.0 Å². The number of halogens is 2. The van der Waals surface area contributed by atoms with E-state index >= 15 is 0 Å². The first-order valence-electron chi connectivity index (χ1n) is 12.0. The molecule has 8 nitrogen and oxygen atoms in total. The minimum Gasteiger partial charge on any atom is -0.350 e. The van der Waals surface area contributed by atoms with Gasteiger partial charge in [0.1, 0.15) is 18.0 Å². The van der Waals surface area contributed by atoms with Gasteiger partial charge < -0.3 is 16.0 Å². The Morgan fingerprint density at radius 1 is 0.974 bits per heavy atom. The number of anilines is 2. The molecule has 1 unspecified atom stereocenters. The topological polar surface area (TPSA) is 96.8 Å². The van der Waals surface area contributed by atoms with Crippen LogP contribution in [0.3, 0.4) is 0 Å². The van der Waals surface area contributed by atoms with Crippen LogP contribution in [0.1, 0.15) is 25.0 Å². The third-order valence-corrected chi connectivity index (χ3v) is 5.76. The van der Waals surface area contributed by atoms with Crippen LogP contribution < -0.4 is 16.0 Å². The van der Waals surface area contributed by atoms with E-state index in [0.717, 1.165) is 11.1 Å². The SMILES string of the molecule is CC(C)C#CC(Nc1cc(-n2ccnc2)nc(NCc2cccc(Cl)c2)n1)C(=O)NCc1ccc(Cl)cc1. The third kappa shape index (κ3) is 7.97. The highest BCUT2D eigenvalue weighted by Crippen LogP contribution is 2.17. The number of hydrogen-bond acceptors (Lipinski definition) is 6. The fourth-order valence-corrected chi connectivity index (χ4v) is 3.74. The molecule has 0 aliphatic heterocycles. The quantitative estimate of drug-likeness (QED) is 0.245. The van der Waals surface area contributed by atoms with Gasteiger partial charge in [-0.05, 0) is 35.4 Å². The Morgan fingerprint density at radius 3 is 2.50 bits per heavy atom. The van der Waals surface area contributed by atoms with Gasteiger partial charge in [-0.25, -0.2) is 4.98 Å². The van der Waals surface area contributed by atoms with Gasteiger partial charge in [0.05, 0.1) is 0 Å². The van der Waals surface area contributed by atoms with Gasteiger partial charge in [0.25, 0.3) is 5.91 Å². The zero-order valence-corrected chi connectivity index (χ0v) is 22.5. The summed E-state index contributed by atoms with van der Waals surface area (Å²) >= 11 is 12.1. The molecule has 0 aliphatic rings. The second kappa shape index (κ2) is 13.0. The fourth-order valence-electron chi connectivity index (χ4n) is 3.40. The number of rotatable bonds is 9. The van der Waals surface area contributed by atoms with Gasteiger partial charge >= 0.3 is 0 Å². The summed E-state index contributed by atoms with van der Waals surface area (Å²) in [6.07, 6.45) is 5.08. The van der Waals surface area contributed by atoms with E-state index < -0.39 is 6.04 Å². The Labute approximate surface area is 231 Å². The number of imidazole rings is 1. The summed E-state index contributed by atoms with van der Waals surface area (Å²) in [4.78, 5) is 26.5. The van der Waals surface area contributed by atoms with Crippen molar-refractivity contribution in [2.45, 2.75) is 33.0 Å². The Kier molecular flexibility index (Phi) is 9.20. The van der Waals surface area contributed by atoms with Crippen molar-refractivity contribution < 1.29 is 4.79 Å². The molecule has 2 heterocycles. The number of carbonyl (C=O) groups is 1. The summed E-state index contributed by atoms with van der Waals surface area (Å²) in [6.45, 7) is 4.74. The van der Waals surface area contributed by atoms with E-state index in [4.69, 9.17) is 23.2 Å². The Bertz CT molecular complexity index is 1430. The maximum atomic E-state index is 13.2. The highest BCUT2D eigenvalue weighted by molar-refractivity contribution is 6.30. The Balaban J connectivity index is 1.56. The summed E-state index contributed by atoms with van der Waals surface area (Å²) in [6, 6.07) is 15.7. The lowest BCUT2D eigenvalue weighted by Crippen LogP contribution is -2.38. The second-order valence-corrected chi connectivity index (χ2v) is 9.63. The Hall–Kier alpha value is -4.06. The van der Waals surface area contributed by atoms with Gasteiger partial charge in [-0.15, -0.1) is 0 Å². The normalized spacial score (nSPS) is 11.4. The molecular weight excluding hydrogens is 521 g/mol. The summed E-state index contributed by atoms with van der Waals surface area (Å²) in [5.41, 5.74) is 1.90. The van der Waals surface area contributed by atoms with Crippen molar-refractivity contribution in [3.8, 4) is 17.7 Å². The van der Waals surface area contributed by atoms with Crippen LogP contribution in [0, 0.1) is 17.8 Å². The van der Waals surface area contributed by atoms with Gasteiger partial charge in [-0.2, -0.15) is 9.97 Å². The first-order valence-corrected chi connectivity index (χ1v) is 12.8. The van der Waals surface area contributed by atoms with E-state index in [0.29, 0.717) is 40.7 Å². The van der Waals surface area contributed by atoms with Crippen molar-refractivity contribution in [2.75, 3.05) is 10.6 Å². The number of carbonyl (C=O) groups excluding carboxylic acids is 1. The molecule has 0 spiro atoms. The van der Waals surface area contributed by atoms with E-state index in [2.05, 4.69) is 42.7 Å². The van der Waals surface area contributed by atoms with Gasteiger partial charge in [-0.3, -0.25) is 9.36 Å². The van der Waals surface area contributed by atoms with Crippen molar-refractivity contribution in [3.05, 3.63) is 94.5 Å². The molecule has 4 aromatic rings. The molecule has 38 heavy (non-hydrogen) atoms. The molecule has 0 fully saturated rings. The third-order valence-electron chi connectivity index (χ3n) is 5.27. The first-order chi connectivity index (χ1) is 18.4. The molecule has 3 N–H and O–H groups in total. The maximum Gasteiger partial charge on any atom is 0.255 e. The van der Waals surface area contributed by atoms with Crippen molar-refractivity contribution in [3.63, 3.8) is 0 Å². The molecule has 1 amide bonds. The van der Waals surface area contributed by atoms with Gasteiger partial charge in [-0.1, -0.05) is 73.2 Å². The minimum atomic E-state index is -0.837. The standard InChI is InChI=1S/C28H27Cl2N7O/c1-19(2)6-11-24(27(38)32-16-20-7-9-22(29)10-8-20)34-25-15-26(37-13-12-31-18-37)36-28(35-25)33-17-21-4-3-5-23(30)14-21/h3-5,7-10,12-15,18-19,24H,16-17H2,1-2H3,(H,32,38)(H2,33,34,35,36). The van der Waals surface area contributed by atoms with Crippen molar-refractivity contribution in [1.29, 1.82) is 0 Å². The van der Waals surface area contributed by atoms with Crippen LogP contribution in [-0.4, -0.2) is 31.5 Å². The fraction of sp³-hybridized carbons (Fsp3) is 0.214. The van der Waals surface area contributed by atoms with E-state index in [9.17, 15) is 4.79 Å². The molecule has 1 atom stereocenters. The van der Waals surface area contributed by atoms with Gasteiger partial charge in [0, 0.05) is 47.5 Å². The van der Waals surface area contributed by atoms with Crippen LogP contribution in [-0.2, 0) is 17.9 Å². The van der Waals surface area contributed by atoms with Crippen molar-refractivity contribution >= 4 is 40.9 Å². The number of amides is 1. The van der Waals surface area contributed by atoms with E-state index in [1.54, 1.807) is 41.5 Å². The molecule has 194 valence electrons. The molecular formula is C28H27Cl2N7O. The largest absolute Gasteiger partial charge is 0.350 e. The second-order valence-electron chi connectivity index (χ2n) is 8.75. The summed E-state index contributed by atoms with van der Waals surface area (Å²) in [5, 5.41) is 10.6. The summed E-state index contributed by atoms with van der Waals surface area (Å²) in [5.74, 6) is 7.32. The highest BCUT2D eigenvalue weighted by Gasteiger charge is 2.18. The predicted molar refractivity (Wildman–Crippen MR) is 151 cm³/mol. The predicted octanol–water partition coefficient (Wildman–Crippen LogP) is 5.34. The number of nitrogens with zero attached hydrogens (tertiary/aromatic N) is 4. The average Bonchev–Trinajstić information content (AvgIpc) is 3.44. The number of hydrogen-bond donors (Lipinski definition) is 3. The number of aromatic nitrogens is 4. The van der Waals surface area contributed by atoms with Crippen molar-refractivity contribution in [2.24, 2.45) is 5.92 Å². The molecule has 0 bridgehead atoms. The number of nitrogens with one attached hydrogen (secondary N) is 3. The van der Waals surface area contributed by atoms with Crippen LogP contribution in [0.5, 0.6) is 0 Å². The zero-order chi connectivity index (χ0) is 26.9. The van der Waals surface area contributed by atoms with Gasteiger partial charge in [0.15, 0.2) is 6.04 Å². The smallest absolute Gasteiger partial charge is 0.255 e. The highest BCUT2D eigenvalue weighted by atomic mass is 35.5. The lowest BCUT2D eigenvalue weighted by Gasteiger charge is -2.16. The molecule has 4 rings (SSSR count). The average molecular weight is 548 g/mol. The molecule has 0 saturated heterocycles. The molecule has 10 heteroatoms. The van der Waals surface area contributed by atoms with Crippen LogP contribution in [0.4, 0.5) is 11.8 Å². The summed E-state index contributed by atoms with van der Waals surface area (Å²) < 4.78 is 1.76. The monoisotopic (exact) mass is 547 g/mol. The maximum absolute atomic E-state index is 13.2. The van der Waals surface area contributed by atoms with Crippen molar-refractivity contribution in [1.82, 2.24) is 24.8 Å².